The molecule has 2 heterocycles. The molecule has 7 heteroatoms. The molecule has 1 N–H and O–H groups in total. The van der Waals surface area contributed by atoms with Crippen molar-refractivity contribution in [3.63, 3.8) is 0 Å². The van der Waals surface area contributed by atoms with Gasteiger partial charge in [0.1, 0.15) is 0 Å². The number of rotatable bonds is 2. The summed E-state index contributed by atoms with van der Waals surface area (Å²) in [6.45, 7) is 0.597. The number of aromatic amines is 1. The number of fused-ring (bicyclic) bond motifs is 1. The van der Waals surface area contributed by atoms with Gasteiger partial charge in [-0.3, -0.25) is 4.79 Å². The SMILES string of the molecule is COc1cc2c(cc1F)[nH]c(=S)n2C1CCC(=O)N(C)C1. The van der Waals surface area contributed by atoms with Gasteiger partial charge in [0.2, 0.25) is 5.91 Å². The van der Waals surface area contributed by atoms with Crippen LogP contribution < -0.4 is 4.74 Å². The molecule has 0 aliphatic carbocycles. The van der Waals surface area contributed by atoms with Crippen molar-refractivity contribution in [1.82, 2.24) is 14.5 Å². The number of H-pyrrole nitrogens is 1. The summed E-state index contributed by atoms with van der Waals surface area (Å²) in [5.74, 6) is -0.101. The van der Waals surface area contributed by atoms with Gasteiger partial charge >= 0.3 is 0 Å². The quantitative estimate of drug-likeness (QED) is 0.868. The van der Waals surface area contributed by atoms with Crippen molar-refractivity contribution in [3.05, 3.63) is 22.7 Å². The Morgan fingerprint density at radius 1 is 1.48 bits per heavy atom. The smallest absolute Gasteiger partial charge is 0.222 e. The van der Waals surface area contributed by atoms with Crippen molar-refractivity contribution in [2.75, 3.05) is 20.7 Å². The highest BCUT2D eigenvalue weighted by atomic mass is 32.1. The Morgan fingerprint density at radius 3 is 2.90 bits per heavy atom. The zero-order valence-corrected chi connectivity index (χ0v) is 12.7. The predicted octanol–water partition coefficient (Wildman–Crippen LogP) is 2.64. The van der Waals surface area contributed by atoms with Crippen molar-refractivity contribution < 1.29 is 13.9 Å². The highest BCUT2D eigenvalue weighted by molar-refractivity contribution is 7.71. The third kappa shape index (κ3) is 2.31. The maximum atomic E-state index is 13.8. The number of carbonyl (C=O) groups excluding carboxylic acids is 1. The molecule has 0 spiro atoms. The molecule has 1 fully saturated rings. The molecular formula is C14H16FN3O2S. The zero-order valence-electron chi connectivity index (χ0n) is 11.9. The lowest BCUT2D eigenvalue weighted by molar-refractivity contribution is -0.132. The van der Waals surface area contributed by atoms with Crippen molar-refractivity contribution in [1.29, 1.82) is 0 Å². The molecule has 1 aliphatic rings. The topological polar surface area (TPSA) is 50.3 Å². The summed E-state index contributed by atoms with van der Waals surface area (Å²) in [5, 5.41) is 0. The zero-order chi connectivity index (χ0) is 15.1. The number of piperidine rings is 1. The minimum Gasteiger partial charge on any atom is -0.494 e. The monoisotopic (exact) mass is 309 g/mol. The molecule has 2 aromatic rings. The third-order valence-electron chi connectivity index (χ3n) is 3.96. The maximum Gasteiger partial charge on any atom is 0.222 e. The number of carbonyl (C=O) groups is 1. The van der Waals surface area contributed by atoms with Crippen LogP contribution in [0.15, 0.2) is 12.1 Å². The van der Waals surface area contributed by atoms with E-state index in [1.807, 2.05) is 4.57 Å². The first-order chi connectivity index (χ1) is 10.0. The fourth-order valence-electron chi connectivity index (χ4n) is 2.85. The summed E-state index contributed by atoms with van der Waals surface area (Å²) in [5.41, 5.74) is 1.43. The van der Waals surface area contributed by atoms with Gasteiger partial charge in [-0.1, -0.05) is 0 Å². The number of likely N-dealkylation sites (N-methyl/N-ethyl adjacent to an activating group) is 1. The van der Waals surface area contributed by atoms with Crippen LogP contribution in [0, 0.1) is 10.6 Å². The van der Waals surface area contributed by atoms with Gasteiger partial charge in [0, 0.05) is 32.1 Å². The standard InChI is InChI=1S/C14H16FN3O2S/c1-17-7-8(3-4-13(17)19)18-11-6-12(20-2)9(15)5-10(11)16-14(18)21/h5-6,8H,3-4,7H2,1-2H3,(H,16,21). The predicted molar refractivity (Wildman–Crippen MR) is 79.5 cm³/mol. The average molecular weight is 309 g/mol. The van der Waals surface area contributed by atoms with Crippen LogP contribution in [-0.4, -0.2) is 41.1 Å². The van der Waals surface area contributed by atoms with E-state index < -0.39 is 5.82 Å². The molecule has 0 radical (unpaired) electrons. The molecule has 1 atom stereocenters. The highest BCUT2D eigenvalue weighted by Gasteiger charge is 2.26. The Labute approximate surface area is 126 Å². The number of hydrogen-bond acceptors (Lipinski definition) is 3. The number of amides is 1. The van der Waals surface area contributed by atoms with Gasteiger partial charge in [0.15, 0.2) is 16.3 Å². The van der Waals surface area contributed by atoms with E-state index in [9.17, 15) is 9.18 Å². The van der Waals surface area contributed by atoms with Crippen LogP contribution >= 0.6 is 12.2 Å². The second-order valence-electron chi connectivity index (χ2n) is 5.27. The fourth-order valence-corrected chi connectivity index (χ4v) is 3.20. The van der Waals surface area contributed by atoms with E-state index in [0.717, 1.165) is 11.9 Å². The first-order valence-electron chi connectivity index (χ1n) is 6.73. The van der Waals surface area contributed by atoms with Crippen LogP contribution in [0.2, 0.25) is 0 Å². The van der Waals surface area contributed by atoms with Crippen LogP contribution in [-0.2, 0) is 4.79 Å². The molecule has 1 amide bonds. The number of halogens is 1. The molecule has 112 valence electrons. The minimum atomic E-state index is -0.427. The molecule has 1 aromatic carbocycles. The fraction of sp³-hybridized carbons (Fsp3) is 0.429. The van der Waals surface area contributed by atoms with E-state index in [1.165, 1.54) is 13.2 Å². The number of ether oxygens (including phenoxy) is 1. The van der Waals surface area contributed by atoms with Crippen molar-refractivity contribution in [2.24, 2.45) is 0 Å². The molecule has 3 rings (SSSR count). The number of imidazole rings is 1. The number of benzene rings is 1. The molecule has 5 nitrogen and oxygen atoms in total. The Hall–Kier alpha value is -1.89. The van der Waals surface area contributed by atoms with Gasteiger partial charge in [-0.2, -0.15) is 0 Å². The summed E-state index contributed by atoms with van der Waals surface area (Å²) >= 11 is 5.37. The summed E-state index contributed by atoms with van der Waals surface area (Å²) in [4.78, 5) is 16.3. The normalized spacial score (nSPS) is 19.3. The lowest BCUT2D eigenvalue weighted by Gasteiger charge is -2.30. The highest BCUT2D eigenvalue weighted by Crippen LogP contribution is 2.30. The van der Waals surface area contributed by atoms with Gasteiger partial charge in [-0.15, -0.1) is 0 Å². The van der Waals surface area contributed by atoms with E-state index in [2.05, 4.69) is 4.98 Å². The minimum absolute atomic E-state index is 0.0871. The van der Waals surface area contributed by atoms with Crippen LogP contribution in [0.5, 0.6) is 5.75 Å². The number of aromatic nitrogens is 2. The molecule has 1 unspecified atom stereocenters. The molecule has 1 saturated heterocycles. The number of likely N-dealkylation sites (tertiary alicyclic amines) is 1. The van der Waals surface area contributed by atoms with Gasteiger partial charge in [0.25, 0.3) is 0 Å². The second kappa shape index (κ2) is 5.14. The summed E-state index contributed by atoms with van der Waals surface area (Å²) < 4.78 is 21.3. The van der Waals surface area contributed by atoms with Gasteiger partial charge in [-0.25, -0.2) is 4.39 Å². The van der Waals surface area contributed by atoms with Crippen molar-refractivity contribution >= 4 is 29.2 Å². The molecule has 21 heavy (non-hydrogen) atoms. The van der Waals surface area contributed by atoms with Crippen LogP contribution in [0.1, 0.15) is 18.9 Å². The molecular weight excluding hydrogens is 293 g/mol. The Morgan fingerprint density at radius 2 is 2.24 bits per heavy atom. The number of methoxy groups -OCH3 is 1. The first-order valence-corrected chi connectivity index (χ1v) is 7.14. The van der Waals surface area contributed by atoms with Crippen molar-refractivity contribution in [2.45, 2.75) is 18.9 Å². The van der Waals surface area contributed by atoms with E-state index in [1.54, 1.807) is 18.0 Å². The van der Waals surface area contributed by atoms with Crippen molar-refractivity contribution in [3.8, 4) is 5.75 Å². The Bertz CT molecular complexity index is 767. The largest absolute Gasteiger partial charge is 0.494 e. The van der Waals surface area contributed by atoms with Gasteiger partial charge in [-0.05, 0) is 18.6 Å². The van der Waals surface area contributed by atoms with Crippen LogP contribution in [0.4, 0.5) is 4.39 Å². The van der Waals surface area contributed by atoms with Crippen LogP contribution in [0.3, 0.4) is 0 Å². The summed E-state index contributed by atoms with van der Waals surface area (Å²) in [6, 6.07) is 3.12. The van der Waals surface area contributed by atoms with Gasteiger partial charge in [0.05, 0.1) is 24.2 Å². The average Bonchev–Trinajstić information content (AvgIpc) is 2.76. The summed E-state index contributed by atoms with van der Waals surface area (Å²) in [6.07, 6.45) is 1.22. The second-order valence-corrected chi connectivity index (χ2v) is 5.66. The molecule has 1 aliphatic heterocycles. The van der Waals surface area contributed by atoms with Crippen LogP contribution in [0.25, 0.3) is 11.0 Å². The maximum absolute atomic E-state index is 13.8. The molecule has 0 saturated carbocycles. The third-order valence-corrected chi connectivity index (χ3v) is 4.26. The molecule has 0 bridgehead atoms. The van der Waals surface area contributed by atoms with E-state index in [4.69, 9.17) is 17.0 Å². The van der Waals surface area contributed by atoms with Gasteiger partial charge < -0.3 is 19.2 Å². The summed E-state index contributed by atoms with van der Waals surface area (Å²) in [7, 11) is 3.22. The Balaban J connectivity index is 2.12. The number of hydrogen-bond donors (Lipinski definition) is 1. The van der Waals surface area contributed by atoms with E-state index in [-0.39, 0.29) is 17.7 Å². The first kappa shape index (κ1) is 14.1. The van der Waals surface area contributed by atoms with E-state index >= 15 is 0 Å². The lowest BCUT2D eigenvalue weighted by atomic mass is 10.1. The van der Waals surface area contributed by atoms with E-state index in [0.29, 0.717) is 23.3 Å². The molecule has 1 aromatic heterocycles. The lowest BCUT2D eigenvalue weighted by Crippen LogP contribution is -2.37. The Kier molecular flexibility index (Phi) is 3.44. The number of nitrogens with zero attached hydrogens (tertiary/aromatic N) is 2. The number of nitrogens with one attached hydrogen (secondary N) is 1.